The zero-order chi connectivity index (χ0) is 10.5. The largest absolute Gasteiger partial charge is 0.398 e. The average molecular weight is 206 g/mol. The first-order chi connectivity index (χ1) is 5.95. The van der Waals surface area contributed by atoms with Gasteiger partial charge in [-0.2, -0.15) is 0 Å². The maximum atomic E-state index is 5.82. The van der Waals surface area contributed by atoms with E-state index in [2.05, 4.69) is 0 Å². The van der Waals surface area contributed by atoms with Crippen molar-refractivity contribution in [3.8, 4) is 0 Å². The first-order valence-electron chi connectivity index (χ1n) is 4.56. The first kappa shape index (κ1) is 13.1. The van der Waals surface area contributed by atoms with Crippen molar-refractivity contribution in [2.75, 3.05) is 14.2 Å². The molecule has 0 aliphatic carbocycles. The third-order valence-electron chi connectivity index (χ3n) is 2.47. The Kier molecular flexibility index (Phi) is 5.74. The summed E-state index contributed by atoms with van der Waals surface area (Å²) in [7, 11) is 1.43. The van der Waals surface area contributed by atoms with Crippen molar-refractivity contribution in [1.82, 2.24) is 0 Å². The Morgan fingerprint density at radius 2 is 1.69 bits per heavy atom. The highest BCUT2D eigenvalue weighted by molar-refractivity contribution is 6.65. The lowest BCUT2D eigenvalue weighted by atomic mass is 10.1. The van der Waals surface area contributed by atoms with Gasteiger partial charge in [-0.3, -0.25) is 0 Å². The molecule has 0 saturated carbocycles. The molecule has 0 saturated heterocycles. The van der Waals surface area contributed by atoms with E-state index in [1.54, 1.807) is 14.2 Å². The van der Waals surface area contributed by atoms with Crippen LogP contribution in [-0.2, 0) is 8.85 Å². The van der Waals surface area contributed by atoms with Crippen LogP contribution in [0.25, 0.3) is 0 Å². The molecule has 13 heavy (non-hydrogen) atoms. The highest BCUT2D eigenvalue weighted by Crippen LogP contribution is 2.15. The summed E-state index contributed by atoms with van der Waals surface area (Å²) in [6, 6.07) is 0.965. The van der Waals surface area contributed by atoms with Crippen molar-refractivity contribution in [1.29, 1.82) is 0 Å². The Hall–Kier alpha value is 0.0569. The zero-order valence-corrected chi connectivity index (χ0v) is 10.0. The smallest absolute Gasteiger partial charge is 0.334 e. The molecule has 80 valence electrons. The maximum absolute atomic E-state index is 5.82. The lowest BCUT2D eigenvalue weighted by Crippen LogP contribution is -2.43. The minimum absolute atomic E-state index is 0.0342. The van der Waals surface area contributed by atoms with Gasteiger partial charge in [0.2, 0.25) is 0 Å². The summed E-state index contributed by atoms with van der Waals surface area (Å²) in [6.45, 7) is 3.95. The van der Waals surface area contributed by atoms with Crippen molar-refractivity contribution in [3.63, 3.8) is 0 Å². The lowest BCUT2D eigenvalue weighted by molar-refractivity contribution is 0.247. The van der Waals surface area contributed by atoms with E-state index in [1.807, 2.05) is 13.5 Å². The van der Waals surface area contributed by atoms with Gasteiger partial charge in [-0.25, -0.2) is 0 Å². The van der Waals surface area contributed by atoms with Crippen LogP contribution in [-0.4, -0.2) is 34.9 Å². The van der Waals surface area contributed by atoms with E-state index in [4.69, 9.17) is 20.3 Å². The van der Waals surface area contributed by atoms with E-state index in [-0.39, 0.29) is 12.1 Å². The molecule has 4 nitrogen and oxygen atoms in total. The molecule has 0 heterocycles. The molecule has 0 rings (SSSR count). The Morgan fingerprint density at radius 1 is 1.23 bits per heavy atom. The summed E-state index contributed by atoms with van der Waals surface area (Å²) in [5.74, 6) is 0. The summed E-state index contributed by atoms with van der Waals surface area (Å²) in [5, 5.41) is 0. The SMILES string of the molecule is CO[Si](C)(CCC(N)C(C)N)OC. The van der Waals surface area contributed by atoms with Gasteiger partial charge in [-0.1, -0.05) is 0 Å². The molecular weight excluding hydrogens is 184 g/mol. The summed E-state index contributed by atoms with van der Waals surface area (Å²) in [4.78, 5) is 0. The maximum Gasteiger partial charge on any atom is 0.334 e. The minimum Gasteiger partial charge on any atom is -0.398 e. The Labute approximate surface area is 81.8 Å². The molecule has 2 unspecified atom stereocenters. The van der Waals surface area contributed by atoms with Crippen molar-refractivity contribution >= 4 is 8.56 Å². The van der Waals surface area contributed by atoms with E-state index < -0.39 is 8.56 Å². The van der Waals surface area contributed by atoms with E-state index in [1.165, 1.54) is 0 Å². The van der Waals surface area contributed by atoms with Gasteiger partial charge in [0, 0.05) is 26.3 Å². The van der Waals surface area contributed by atoms with Crippen LogP contribution in [0.2, 0.25) is 12.6 Å². The Balaban J connectivity index is 3.85. The van der Waals surface area contributed by atoms with Crippen molar-refractivity contribution in [3.05, 3.63) is 0 Å². The van der Waals surface area contributed by atoms with Gasteiger partial charge in [0.1, 0.15) is 0 Å². The molecule has 0 amide bonds. The van der Waals surface area contributed by atoms with Crippen LogP contribution in [0.5, 0.6) is 0 Å². The van der Waals surface area contributed by atoms with Crippen LogP contribution < -0.4 is 11.5 Å². The van der Waals surface area contributed by atoms with Crippen molar-refractivity contribution in [2.45, 2.75) is 38.0 Å². The molecular formula is C8H22N2O2Si. The zero-order valence-electron chi connectivity index (χ0n) is 9.04. The van der Waals surface area contributed by atoms with Gasteiger partial charge in [-0.15, -0.1) is 0 Å². The molecule has 5 heteroatoms. The predicted molar refractivity (Wildman–Crippen MR) is 56.7 cm³/mol. The van der Waals surface area contributed by atoms with Gasteiger partial charge >= 0.3 is 8.56 Å². The fourth-order valence-electron chi connectivity index (χ4n) is 0.979. The fraction of sp³-hybridized carbons (Fsp3) is 1.00. The summed E-state index contributed by atoms with van der Waals surface area (Å²) >= 11 is 0. The Morgan fingerprint density at radius 3 is 2.00 bits per heavy atom. The van der Waals surface area contributed by atoms with Crippen molar-refractivity contribution in [2.24, 2.45) is 11.5 Å². The lowest BCUT2D eigenvalue weighted by Gasteiger charge is -2.25. The second kappa shape index (κ2) is 5.72. The number of hydrogen-bond acceptors (Lipinski definition) is 4. The molecule has 0 aromatic rings. The van der Waals surface area contributed by atoms with Crippen LogP contribution in [0.4, 0.5) is 0 Å². The molecule has 0 spiro atoms. The Bertz CT molecular complexity index is 140. The highest BCUT2D eigenvalue weighted by atomic mass is 28.4. The molecule has 0 bridgehead atoms. The van der Waals surface area contributed by atoms with E-state index >= 15 is 0 Å². The van der Waals surface area contributed by atoms with Crippen LogP contribution in [0.3, 0.4) is 0 Å². The number of rotatable bonds is 6. The van der Waals surface area contributed by atoms with E-state index in [9.17, 15) is 0 Å². The van der Waals surface area contributed by atoms with Gasteiger partial charge in [0.25, 0.3) is 0 Å². The monoisotopic (exact) mass is 206 g/mol. The van der Waals surface area contributed by atoms with Gasteiger partial charge in [-0.05, 0) is 25.9 Å². The van der Waals surface area contributed by atoms with Crippen LogP contribution in [0.15, 0.2) is 0 Å². The quantitative estimate of drug-likeness (QED) is 0.618. The summed E-state index contributed by atoms with van der Waals surface area (Å²) in [6.07, 6.45) is 0.863. The highest BCUT2D eigenvalue weighted by Gasteiger charge is 2.29. The molecule has 0 aliphatic heterocycles. The van der Waals surface area contributed by atoms with Crippen LogP contribution in [0, 0.1) is 0 Å². The average Bonchev–Trinajstić information content (AvgIpc) is 2.13. The topological polar surface area (TPSA) is 70.5 Å². The van der Waals surface area contributed by atoms with Crippen LogP contribution >= 0.6 is 0 Å². The van der Waals surface area contributed by atoms with Gasteiger partial charge in [0.15, 0.2) is 0 Å². The van der Waals surface area contributed by atoms with E-state index in [0.717, 1.165) is 12.5 Å². The second-order valence-corrected chi connectivity index (χ2v) is 7.19. The standard InChI is InChI=1S/C8H22N2O2Si/c1-7(9)8(10)5-6-13(4,11-2)12-3/h7-8H,5-6,9-10H2,1-4H3. The third kappa shape index (κ3) is 4.73. The number of nitrogens with two attached hydrogens (primary N) is 2. The number of hydrogen-bond donors (Lipinski definition) is 2. The summed E-state index contributed by atoms with van der Waals surface area (Å²) < 4.78 is 10.7. The molecule has 4 N–H and O–H groups in total. The summed E-state index contributed by atoms with van der Waals surface area (Å²) in [5.41, 5.74) is 11.5. The van der Waals surface area contributed by atoms with E-state index in [0.29, 0.717) is 0 Å². The predicted octanol–water partition coefficient (Wildman–Crippen LogP) is 0.416. The first-order valence-corrected chi connectivity index (χ1v) is 7.09. The van der Waals surface area contributed by atoms with Gasteiger partial charge < -0.3 is 20.3 Å². The van der Waals surface area contributed by atoms with Crippen LogP contribution in [0.1, 0.15) is 13.3 Å². The molecule has 2 atom stereocenters. The molecule has 0 fully saturated rings. The molecule has 0 radical (unpaired) electrons. The third-order valence-corrected chi connectivity index (χ3v) is 5.39. The fourth-order valence-corrected chi connectivity index (χ4v) is 2.41. The minimum atomic E-state index is -1.94. The van der Waals surface area contributed by atoms with Gasteiger partial charge in [0.05, 0.1) is 0 Å². The second-order valence-electron chi connectivity index (χ2n) is 3.60. The van der Waals surface area contributed by atoms with Crippen molar-refractivity contribution < 1.29 is 8.85 Å². The molecule has 0 aromatic heterocycles. The normalized spacial score (nSPS) is 17.1. The molecule has 0 aliphatic rings. The molecule has 0 aromatic carbocycles.